The molecule has 1 aliphatic heterocycles. The van der Waals surface area contributed by atoms with E-state index in [1.54, 1.807) is 4.90 Å². The molecule has 0 amide bonds. The van der Waals surface area contributed by atoms with Crippen LogP contribution in [0, 0.1) is 17.3 Å². The van der Waals surface area contributed by atoms with E-state index in [4.69, 9.17) is 10.9 Å². The van der Waals surface area contributed by atoms with Crippen molar-refractivity contribution in [3.8, 4) is 0 Å². The molecular weight excluding hydrogens is 259 g/mol. The van der Waals surface area contributed by atoms with Crippen LogP contribution < -0.4 is 5.73 Å². The van der Waals surface area contributed by atoms with Crippen LogP contribution in [0.5, 0.6) is 0 Å². The highest BCUT2D eigenvalue weighted by Crippen LogP contribution is 2.35. The molecular formula is C12H22F3N3O. The fourth-order valence-corrected chi connectivity index (χ4v) is 2.40. The van der Waals surface area contributed by atoms with Crippen molar-refractivity contribution in [3.05, 3.63) is 0 Å². The highest BCUT2D eigenvalue weighted by Gasteiger charge is 2.45. The second-order valence-electron chi connectivity index (χ2n) is 6.23. The molecule has 4 nitrogen and oxygen atoms in total. The molecule has 0 bridgehead atoms. The Morgan fingerprint density at radius 3 is 2.37 bits per heavy atom. The van der Waals surface area contributed by atoms with Gasteiger partial charge in [0.05, 0.1) is 0 Å². The standard InChI is InChI=1S/C12H22F3N3O/c1-11(2,3)8-4-5-18(6-8)7-9(10(16)17-19)12(13,14)15/h8-9,19H,4-7H2,1-3H3,(H2,16,17). The van der Waals surface area contributed by atoms with Crippen LogP contribution in [0.25, 0.3) is 0 Å². The predicted octanol–water partition coefficient (Wildman–Crippen LogP) is 2.28. The van der Waals surface area contributed by atoms with Gasteiger partial charge in [-0.1, -0.05) is 25.9 Å². The first-order valence-corrected chi connectivity index (χ1v) is 6.32. The van der Waals surface area contributed by atoms with Crippen molar-refractivity contribution in [2.75, 3.05) is 19.6 Å². The quantitative estimate of drug-likeness (QED) is 0.361. The molecule has 1 heterocycles. The van der Waals surface area contributed by atoms with Gasteiger partial charge in [-0.3, -0.25) is 0 Å². The first-order valence-electron chi connectivity index (χ1n) is 6.32. The van der Waals surface area contributed by atoms with Gasteiger partial charge in [-0.05, 0) is 24.3 Å². The van der Waals surface area contributed by atoms with Gasteiger partial charge in [-0.2, -0.15) is 13.2 Å². The third kappa shape index (κ3) is 4.26. The van der Waals surface area contributed by atoms with E-state index < -0.39 is 17.9 Å². The molecule has 1 aliphatic rings. The van der Waals surface area contributed by atoms with Crippen molar-refractivity contribution in [1.29, 1.82) is 0 Å². The third-order valence-electron chi connectivity index (χ3n) is 3.81. The van der Waals surface area contributed by atoms with Crippen molar-refractivity contribution in [1.82, 2.24) is 4.90 Å². The van der Waals surface area contributed by atoms with Crippen LogP contribution in [-0.2, 0) is 0 Å². The van der Waals surface area contributed by atoms with Crippen LogP contribution in [0.4, 0.5) is 13.2 Å². The van der Waals surface area contributed by atoms with Gasteiger partial charge in [0.1, 0.15) is 5.92 Å². The average Bonchev–Trinajstić information content (AvgIpc) is 2.71. The summed E-state index contributed by atoms with van der Waals surface area (Å²) in [5.74, 6) is -2.31. The average molecular weight is 281 g/mol. The van der Waals surface area contributed by atoms with Crippen molar-refractivity contribution >= 4 is 5.84 Å². The maximum Gasteiger partial charge on any atom is 0.400 e. The fraction of sp³-hybridized carbons (Fsp3) is 0.917. The van der Waals surface area contributed by atoms with Gasteiger partial charge in [0.25, 0.3) is 0 Å². The summed E-state index contributed by atoms with van der Waals surface area (Å²) in [4.78, 5) is 1.74. The summed E-state index contributed by atoms with van der Waals surface area (Å²) >= 11 is 0. The lowest BCUT2D eigenvalue weighted by molar-refractivity contribution is -0.159. The number of nitrogens with zero attached hydrogens (tertiary/aromatic N) is 2. The Balaban J connectivity index is 2.68. The predicted molar refractivity (Wildman–Crippen MR) is 67.0 cm³/mol. The number of amidine groups is 1. The SMILES string of the molecule is CC(C)(C)C1CCN(CC(C(N)=NO)C(F)(F)F)C1. The normalized spacial score (nSPS) is 24.7. The monoisotopic (exact) mass is 281 g/mol. The zero-order chi connectivity index (χ0) is 14.8. The molecule has 2 atom stereocenters. The Labute approximate surface area is 111 Å². The topological polar surface area (TPSA) is 61.8 Å². The first kappa shape index (κ1) is 16.1. The molecule has 3 N–H and O–H groups in total. The maximum absolute atomic E-state index is 12.8. The van der Waals surface area contributed by atoms with Crippen molar-refractivity contribution < 1.29 is 18.4 Å². The second-order valence-corrected chi connectivity index (χ2v) is 6.23. The molecule has 2 unspecified atom stereocenters. The van der Waals surface area contributed by atoms with Crippen LogP contribution in [0.2, 0.25) is 0 Å². The van der Waals surface area contributed by atoms with E-state index in [2.05, 4.69) is 25.9 Å². The van der Waals surface area contributed by atoms with E-state index in [9.17, 15) is 13.2 Å². The lowest BCUT2D eigenvalue weighted by Gasteiger charge is -2.28. The molecule has 0 spiro atoms. The number of rotatable bonds is 3. The van der Waals surface area contributed by atoms with Gasteiger partial charge in [0.2, 0.25) is 0 Å². The van der Waals surface area contributed by atoms with E-state index >= 15 is 0 Å². The summed E-state index contributed by atoms with van der Waals surface area (Å²) in [6, 6.07) is 0. The van der Waals surface area contributed by atoms with E-state index in [0.29, 0.717) is 19.0 Å². The summed E-state index contributed by atoms with van der Waals surface area (Å²) in [6.45, 7) is 7.26. The molecule has 0 aromatic rings. The highest BCUT2D eigenvalue weighted by molar-refractivity contribution is 5.83. The number of hydrogen-bond donors (Lipinski definition) is 2. The summed E-state index contributed by atoms with van der Waals surface area (Å²) in [7, 11) is 0. The Hall–Kier alpha value is -0.980. The molecule has 1 fully saturated rings. The summed E-state index contributed by atoms with van der Waals surface area (Å²) < 4.78 is 38.5. The number of hydrogen-bond acceptors (Lipinski definition) is 3. The minimum absolute atomic E-state index is 0.0824. The van der Waals surface area contributed by atoms with Crippen LogP contribution in [-0.4, -0.2) is 41.8 Å². The number of halogens is 3. The molecule has 7 heteroatoms. The van der Waals surface area contributed by atoms with Gasteiger partial charge in [0.15, 0.2) is 5.84 Å². The third-order valence-corrected chi connectivity index (χ3v) is 3.81. The van der Waals surface area contributed by atoms with Crippen LogP contribution in [0.3, 0.4) is 0 Å². The van der Waals surface area contributed by atoms with Crippen LogP contribution in [0.15, 0.2) is 5.16 Å². The van der Waals surface area contributed by atoms with Gasteiger partial charge >= 0.3 is 6.18 Å². The number of nitrogens with two attached hydrogens (primary N) is 1. The van der Waals surface area contributed by atoms with Gasteiger partial charge in [-0.25, -0.2) is 0 Å². The van der Waals surface area contributed by atoms with E-state index in [1.807, 2.05) is 0 Å². The molecule has 1 saturated heterocycles. The van der Waals surface area contributed by atoms with Gasteiger partial charge in [0, 0.05) is 13.1 Å². The molecule has 0 aromatic heterocycles. The van der Waals surface area contributed by atoms with Crippen molar-refractivity contribution in [2.45, 2.75) is 33.4 Å². The first-order chi connectivity index (χ1) is 8.55. The van der Waals surface area contributed by atoms with Crippen molar-refractivity contribution in [3.63, 3.8) is 0 Å². The summed E-state index contributed by atoms with van der Waals surface area (Å²) in [6.07, 6.45) is -3.61. The highest BCUT2D eigenvalue weighted by atomic mass is 19.4. The zero-order valence-corrected chi connectivity index (χ0v) is 11.5. The van der Waals surface area contributed by atoms with Gasteiger partial charge in [-0.15, -0.1) is 0 Å². The number of likely N-dealkylation sites (tertiary alicyclic amines) is 1. The molecule has 19 heavy (non-hydrogen) atoms. The Morgan fingerprint density at radius 2 is 2.00 bits per heavy atom. The summed E-state index contributed by atoms with van der Waals surface area (Å²) in [5.41, 5.74) is 5.24. The maximum atomic E-state index is 12.8. The van der Waals surface area contributed by atoms with Crippen molar-refractivity contribution in [2.24, 2.45) is 28.1 Å². The number of alkyl halides is 3. The Kier molecular flexibility index (Phi) is 4.71. The molecule has 0 radical (unpaired) electrons. The fourth-order valence-electron chi connectivity index (χ4n) is 2.40. The van der Waals surface area contributed by atoms with E-state index in [-0.39, 0.29) is 12.0 Å². The lowest BCUT2D eigenvalue weighted by Crippen LogP contribution is -2.44. The molecule has 1 rings (SSSR count). The van der Waals surface area contributed by atoms with E-state index in [1.165, 1.54) is 0 Å². The van der Waals surface area contributed by atoms with E-state index in [0.717, 1.165) is 6.42 Å². The lowest BCUT2D eigenvalue weighted by atomic mass is 9.80. The smallest absolute Gasteiger partial charge is 0.400 e. The summed E-state index contributed by atoms with van der Waals surface area (Å²) in [5, 5.41) is 11.0. The zero-order valence-electron chi connectivity index (χ0n) is 11.5. The second kappa shape index (κ2) is 5.56. The molecule has 0 aliphatic carbocycles. The minimum Gasteiger partial charge on any atom is -0.409 e. The van der Waals surface area contributed by atoms with Crippen LogP contribution in [0.1, 0.15) is 27.2 Å². The molecule has 112 valence electrons. The largest absolute Gasteiger partial charge is 0.409 e. The molecule has 0 aromatic carbocycles. The molecule has 0 saturated carbocycles. The minimum atomic E-state index is -4.49. The van der Waals surface area contributed by atoms with Gasteiger partial charge < -0.3 is 15.8 Å². The Bertz CT molecular complexity index is 336. The van der Waals surface area contributed by atoms with Crippen LogP contribution >= 0.6 is 0 Å². The number of oxime groups is 1. The Morgan fingerprint density at radius 1 is 1.42 bits per heavy atom.